The van der Waals surface area contributed by atoms with Gasteiger partial charge >= 0.3 is 5.97 Å². The molecule has 2 aromatic carbocycles. The van der Waals surface area contributed by atoms with Gasteiger partial charge in [-0.25, -0.2) is 4.98 Å². The molecule has 0 radical (unpaired) electrons. The Morgan fingerprint density at radius 2 is 1.88 bits per heavy atom. The van der Waals surface area contributed by atoms with E-state index in [9.17, 15) is 9.59 Å². The van der Waals surface area contributed by atoms with Crippen molar-refractivity contribution in [3.63, 3.8) is 0 Å². The Kier molecular flexibility index (Phi) is 4.96. The van der Waals surface area contributed by atoms with Crippen LogP contribution in [-0.2, 0) is 10.5 Å². The predicted molar refractivity (Wildman–Crippen MR) is 94.3 cm³/mol. The number of ether oxygens (including phenoxy) is 1. The Hall–Kier alpha value is -2.60. The summed E-state index contributed by atoms with van der Waals surface area (Å²) in [5, 5.41) is 0. The van der Waals surface area contributed by atoms with E-state index in [-0.39, 0.29) is 17.5 Å². The summed E-state index contributed by atoms with van der Waals surface area (Å²) in [6.07, 6.45) is 0. The summed E-state index contributed by atoms with van der Waals surface area (Å²) < 4.78 is 5.24. The summed E-state index contributed by atoms with van der Waals surface area (Å²) >= 11 is 1.43. The normalized spacial score (nSPS) is 10.7. The van der Waals surface area contributed by atoms with E-state index in [4.69, 9.17) is 4.74 Å². The highest BCUT2D eigenvalue weighted by molar-refractivity contribution is 7.99. The molecule has 24 heavy (non-hydrogen) atoms. The van der Waals surface area contributed by atoms with Gasteiger partial charge in [0.2, 0.25) is 0 Å². The zero-order valence-corrected chi connectivity index (χ0v) is 13.9. The van der Waals surface area contributed by atoms with Crippen molar-refractivity contribution < 1.29 is 14.3 Å². The molecule has 0 aliphatic carbocycles. The Morgan fingerprint density at radius 3 is 2.58 bits per heavy atom. The van der Waals surface area contributed by atoms with E-state index in [1.165, 1.54) is 18.7 Å². The van der Waals surface area contributed by atoms with Crippen LogP contribution < -0.4 is 4.74 Å². The van der Waals surface area contributed by atoms with E-state index >= 15 is 0 Å². The number of nitrogens with one attached hydrogen (secondary N) is 1. The Balaban J connectivity index is 1.49. The number of thioether (sulfide) groups is 1. The number of imidazole rings is 1. The van der Waals surface area contributed by atoms with Crippen LogP contribution in [0.2, 0.25) is 0 Å². The molecule has 1 aromatic heterocycles. The number of rotatable bonds is 6. The largest absolute Gasteiger partial charge is 0.426 e. The number of hydrogen-bond donors (Lipinski definition) is 1. The highest BCUT2D eigenvalue weighted by Crippen LogP contribution is 2.17. The molecule has 0 spiro atoms. The van der Waals surface area contributed by atoms with Crippen molar-refractivity contribution >= 4 is 34.5 Å². The number of para-hydroxylation sites is 2. The lowest BCUT2D eigenvalue weighted by molar-refractivity contribution is -0.131. The molecule has 0 aliphatic heterocycles. The molecule has 0 saturated carbocycles. The molecule has 0 fully saturated rings. The number of fused-ring (bicyclic) bond motifs is 1. The quantitative estimate of drug-likeness (QED) is 0.422. The first-order valence-electron chi connectivity index (χ1n) is 7.45. The fourth-order valence-corrected chi connectivity index (χ4v) is 2.88. The van der Waals surface area contributed by atoms with E-state index in [1.807, 2.05) is 24.3 Å². The minimum absolute atomic E-state index is 0.0192. The Bertz CT molecular complexity index is 838. The van der Waals surface area contributed by atoms with Gasteiger partial charge in [0.15, 0.2) is 5.78 Å². The van der Waals surface area contributed by atoms with E-state index in [0.717, 1.165) is 16.9 Å². The molecular weight excluding hydrogens is 324 g/mol. The molecule has 0 saturated heterocycles. The second-order valence-corrected chi connectivity index (χ2v) is 6.23. The molecule has 6 heteroatoms. The number of carbonyl (C=O) groups excluding carboxylic acids is 2. The lowest BCUT2D eigenvalue weighted by Crippen LogP contribution is -2.11. The van der Waals surface area contributed by atoms with E-state index < -0.39 is 0 Å². The fraction of sp³-hybridized carbons (Fsp3) is 0.167. The molecule has 122 valence electrons. The molecule has 0 atom stereocenters. The molecule has 0 unspecified atom stereocenters. The van der Waals surface area contributed by atoms with Crippen molar-refractivity contribution in [3.05, 3.63) is 59.9 Å². The average Bonchev–Trinajstić information content (AvgIpc) is 2.98. The van der Waals surface area contributed by atoms with E-state index in [1.54, 1.807) is 24.3 Å². The van der Waals surface area contributed by atoms with Gasteiger partial charge in [-0.3, -0.25) is 9.59 Å². The topological polar surface area (TPSA) is 72.1 Å². The molecule has 1 N–H and O–H groups in total. The molecule has 5 nitrogen and oxygen atoms in total. The highest BCUT2D eigenvalue weighted by Gasteiger charge is 2.08. The standard InChI is InChI=1S/C18H16N2O3S/c1-12(21)13-6-8-14(9-7-13)23-18(22)11-24-10-17-19-15-4-2-3-5-16(15)20-17/h2-9H,10-11H2,1H3,(H,19,20). The first-order valence-corrected chi connectivity index (χ1v) is 8.60. The summed E-state index contributed by atoms with van der Waals surface area (Å²) in [6, 6.07) is 14.3. The molecule has 3 rings (SSSR count). The number of nitrogens with zero attached hydrogens (tertiary/aromatic N) is 1. The maximum Gasteiger partial charge on any atom is 0.321 e. The van der Waals surface area contributed by atoms with Gasteiger partial charge in [0, 0.05) is 5.56 Å². The number of ketones is 1. The molecule has 0 aliphatic rings. The van der Waals surface area contributed by atoms with Gasteiger partial charge in [-0.05, 0) is 43.3 Å². The summed E-state index contributed by atoms with van der Waals surface area (Å²) in [4.78, 5) is 30.7. The van der Waals surface area contributed by atoms with Crippen LogP contribution in [0.15, 0.2) is 48.5 Å². The second kappa shape index (κ2) is 7.31. The zero-order valence-electron chi connectivity index (χ0n) is 13.1. The van der Waals surface area contributed by atoms with Gasteiger partial charge in [-0.1, -0.05) is 12.1 Å². The summed E-state index contributed by atoms with van der Waals surface area (Å²) in [5.41, 5.74) is 2.50. The minimum atomic E-state index is -0.327. The summed E-state index contributed by atoms with van der Waals surface area (Å²) in [6.45, 7) is 1.50. The maximum absolute atomic E-state index is 11.9. The number of hydrogen-bond acceptors (Lipinski definition) is 5. The van der Waals surface area contributed by atoms with Crippen LogP contribution in [0.3, 0.4) is 0 Å². The van der Waals surface area contributed by atoms with Crippen LogP contribution in [0, 0.1) is 0 Å². The number of H-pyrrole nitrogens is 1. The van der Waals surface area contributed by atoms with Crippen LogP contribution in [0.4, 0.5) is 0 Å². The van der Waals surface area contributed by atoms with Crippen LogP contribution in [0.5, 0.6) is 5.75 Å². The Morgan fingerprint density at radius 1 is 1.12 bits per heavy atom. The fourth-order valence-electron chi connectivity index (χ4n) is 2.22. The van der Waals surface area contributed by atoms with Crippen LogP contribution in [-0.4, -0.2) is 27.5 Å². The molecule has 0 amide bonds. The van der Waals surface area contributed by atoms with Gasteiger partial charge in [-0.15, -0.1) is 11.8 Å². The number of benzene rings is 2. The van der Waals surface area contributed by atoms with Crippen molar-refractivity contribution in [1.29, 1.82) is 0 Å². The van der Waals surface area contributed by atoms with Crippen molar-refractivity contribution in [2.45, 2.75) is 12.7 Å². The number of esters is 1. The molecule has 1 heterocycles. The predicted octanol–water partition coefficient (Wildman–Crippen LogP) is 3.60. The van der Waals surface area contributed by atoms with Gasteiger partial charge in [0.05, 0.1) is 22.5 Å². The minimum Gasteiger partial charge on any atom is -0.426 e. The van der Waals surface area contributed by atoms with Crippen molar-refractivity contribution in [2.24, 2.45) is 0 Å². The first kappa shape index (κ1) is 16.3. The van der Waals surface area contributed by atoms with Gasteiger partial charge in [-0.2, -0.15) is 0 Å². The number of Topliss-reactive ketones (excluding diaryl/α,β-unsaturated/α-hetero) is 1. The van der Waals surface area contributed by atoms with E-state index in [0.29, 0.717) is 17.1 Å². The lowest BCUT2D eigenvalue weighted by Gasteiger charge is -2.04. The molecular formula is C18H16N2O3S. The zero-order chi connectivity index (χ0) is 16.9. The van der Waals surface area contributed by atoms with Crippen molar-refractivity contribution in [1.82, 2.24) is 9.97 Å². The van der Waals surface area contributed by atoms with Crippen LogP contribution >= 0.6 is 11.8 Å². The van der Waals surface area contributed by atoms with E-state index in [2.05, 4.69) is 9.97 Å². The Labute approximate surface area is 143 Å². The summed E-state index contributed by atoms with van der Waals surface area (Å²) in [5.74, 6) is 1.76. The third kappa shape index (κ3) is 4.02. The molecule has 3 aromatic rings. The van der Waals surface area contributed by atoms with Gasteiger partial charge in [0.25, 0.3) is 0 Å². The second-order valence-electron chi connectivity index (χ2n) is 5.25. The SMILES string of the molecule is CC(=O)c1ccc(OC(=O)CSCc2nc3ccccc3[nH]2)cc1. The lowest BCUT2D eigenvalue weighted by atomic mass is 10.1. The highest BCUT2D eigenvalue weighted by atomic mass is 32.2. The van der Waals surface area contributed by atoms with Crippen molar-refractivity contribution in [3.8, 4) is 5.75 Å². The van der Waals surface area contributed by atoms with Crippen molar-refractivity contribution in [2.75, 3.05) is 5.75 Å². The number of aromatic amines is 1. The third-order valence-corrected chi connectivity index (χ3v) is 4.31. The molecule has 0 bridgehead atoms. The maximum atomic E-state index is 11.9. The number of carbonyl (C=O) groups is 2. The van der Waals surface area contributed by atoms with Gasteiger partial charge < -0.3 is 9.72 Å². The van der Waals surface area contributed by atoms with Crippen LogP contribution in [0.1, 0.15) is 23.1 Å². The summed E-state index contributed by atoms with van der Waals surface area (Å²) in [7, 11) is 0. The van der Waals surface area contributed by atoms with Crippen LogP contribution in [0.25, 0.3) is 11.0 Å². The monoisotopic (exact) mass is 340 g/mol. The first-order chi connectivity index (χ1) is 11.6. The number of aromatic nitrogens is 2. The smallest absolute Gasteiger partial charge is 0.321 e. The third-order valence-electron chi connectivity index (χ3n) is 3.39. The van der Waals surface area contributed by atoms with Gasteiger partial charge in [0.1, 0.15) is 11.6 Å². The average molecular weight is 340 g/mol.